The zero-order valence-corrected chi connectivity index (χ0v) is 10.0. The van der Waals surface area contributed by atoms with Gasteiger partial charge in [-0.25, -0.2) is 0 Å². The Bertz CT molecular complexity index is 283. The summed E-state index contributed by atoms with van der Waals surface area (Å²) >= 11 is 0. The third-order valence-electron chi connectivity index (χ3n) is 2.96. The summed E-state index contributed by atoms with van der Waals surface area (Å²) < 4.78 is 5.42. The fraction of sp³-hybridized carbons (Fsp3) is 0.818. The molecule has 1 amide bonds. The van der Waals surface area contributed by atoms with E-state index >= 15 is 0 Å². The molecule has 17 heavy (non-hydrogen) atoms. The number of rotatable bonds is 6. The maximum Gasteiger partial charge on any atom is 0.306 e. The standard InChI is InChI=1S/C11H20N2O4/c1-7(11(15)16)4-5-13-10(14)9-3-2-8(6-12)17-9/h7-9H,2-6,12H2,1H3,(H,13,14)(H,15,16). The molecule has 1 aliphatic heterocycles. The third kappa shape index (κ3) is 4.32. The van der Waals surface area contributed by atoms with Gasteiger partial charge in [0.25, 0.3) is 0 Å². The van der Waals surface area contributed by atoms with Gasteiger partial charge in [-0.15, -0.1) is 0 Å². The Kier molecular flexibility index (Phi) is 5.37. The van der Waals surface area contributed by atoms with Crippen molar-refractivity contribution in [2.45, 2.75) is 38.4 Å². The zero-order chi connectivity index (χ0) is 12.8. The first kappa shape index (κ1) is 13.9. The topological polar surface area (TPSA) is 102 Å². The fourth-order valence-corrected chi connectivity index (χ4v) is 1.72. The molecule has 0 aromatic carbocycles. The van der Waals surface area contributed by atoms with Crippen molar-refractivity contribution < 1.29 is 19.4 Å². The van der Waals surface area contributed by atoms with Gasteiger partial charge in [-0.3, -0.25) is 9.59 Å². The first-order valence-electron chi connectivity index (χ1n) is 5.90. The molecule has 1 heterocycles. The highest BCUT2D eigenvalue weighted by atomic mass is 16.5. The van der Waals surface area contributed by atoms with Crippen LogP contribution in [0.3, 0.4) is 0 Å². The van der Waals surface area contributed by atoms with Crippen LogP contribution in [0.1, 0.15) is 26.2 Å². The molecule has 0 aromatic heterocycles. The molecule has 0 aromatic rings. The van der Waals surface area contributed by atoms with Gasteiger partial charge in [0.15, 0.2) is 0 Å². The summed E-state index contributed by atoms with van der Waals surface area (Å²) in [5, 5.41) is 11.4. The molecular weight excluding hydrogens is 224 g/mol. The molecule has 0 saturated carbocycles. The fourth-order valence-electron chi connectivity index (χ4n) is 1.72. The van der Waals surface area contributed by atoms with Gasteiger partial charge in [0.1, 0.15) is 6.10 Å². The number of carboxylic acids is 1. The van der Waals surface area contributed by atoms with Crippen molar-refractivity contribution in [3.63, 3.8) is 0 Å². The number of amides is 1. The summed E-state index contributed by atoms with van der Waals surface area (Å²) in [4.78, 5) is 22.2. The third-order valence-corrected chi connectivity index (χ3v) is 2.96. The average Bonchev–Trinajstić information content (AvgIpc) is 2.77. The zero-order valence-electron chi connectivity index (χ0n) is 10.0. The van der Waals surface area contributed by atoms with Crippen LogP contribution in [0.2, 0.25) is 0 Å². The molecule has 3 unspecified atom stereocenters. The number of ether oxygens (including phenoxy) is 1. The highest BCUT2D eigenvalue weighted by Crippen LogP contribution is 2.18. The van der Waals surface area contributed by atoms with Gasteiger partial charge >= 0.3 is 5.97 Å². The van der Waals surface area contributed by atoms with Gasteiger partial charge in [-0.05, 0) is 19.3 Å². The Labute approximate surface area is 101 Å². The van der Waals surface area contributed by atoms with E-state index in [1.807, 2.05) is 0 Å². The van der Waals surface area contributed by atoms with Crippen LogP contribution in [0, 0.1) is 5.92 Å². The van der Waals surface area contributed by atoms with Crippen LogP contribution in [-0.4, -0.2) is 42.3 Å². The highest BCUT2D eigenvalue weighted by Gasteiger charge is 2.29. The van der Waals surface area contributed by atoms with Crippen molar-refractivity contribution >= 4 is 11.9 Å². The predicted octanol–water partition coefficient (Wildman–Crippen LogP) is -0.280. The van der Waals surface area contributed by atoms with Crippen molar-refractivity contribution in [1.82, 2.24) is 5.32 Å². The number of hydrogen-bond acceptors (Lipinski definition) is 4. The molecule has 4 N–H and O–H groups in total. The lowest BCUT2D eigenvalue weighted by atomic mass is 10.1. The van der Waals surface area contributed by atoms with E-state index in [1.165, 1.54) is 0 Å². The van der Waals surface area contributed by atoms with E-state index in [0.717, 1.165) is 6.42 Å². The molecule has 98 valence electrons. The number of aliphatic carboxylic acids is 1. The predicted molar refractivity (Wildman–Crippen MR) is 61.4 cm³/mol. The average molecular weight is 244 g/mol. The van der Waals surface area contributed by atoms with Gasteiger partial charge < -0.3 is 20.9 Å². The minimum absolute atomic E-state index is 0.0244. The monoisotopic (exact) mass is 244 g/mol. The highest BCUT2D eigenvalue weighted by molar-refractivity contribution is 5.81. The first-order chi connectivity index (χ1) is 8.04. The molecule has 0 bridgehead atoms. The molecule has 0 radical (unpaired) electrons. The van der Waals surface area contributed by atoms with Crippen LogP contribution >= 0.6 is 0 Å². The second-order valence-corrected chi connectivity index (χ2v) is 4.38. The van der Waals surface area contributed by atoms with Crippen LogP contribution in [-0.2, 0) is 14.3 Å². The Hall–Kier alpha value is -1.14. The van der Waals surface area contributed by atoms with Gasteiger partial charge in [0.2, 0.25) is 5.91 Å². The quantitative estimate of drug-likeness (QED) is 0.596. The Morgan fingerprint density at radius 1 is 1.53 bits per heavy atom. The number of nitrogens with one attached hydrogen (secondary N) is 1. The summed E-state index contributed by atoms with van der Waals surface area (Å²) in [5.41, 5.74) is 5.45. The molecule has 6 heteroatoms. The Morgan fingerprint density at radius 2 is 2.24 bits per heavy atom. The number of nitrogens with two attached hydrogens (primary N) is 1. The van der Waals surface area contributed by atoms with E-state index in [1.54, 1.807) is 6.92 Å². The first-order valence-corrected chi connectivity index (χ1v) is 5.90. The minimum atomic E-state index is -0.848. The normalized spacial score (nSPS) is 25.5. The molecule has 1 rings (SSSR count). The SMILES string of the molecule is CC(CCNC(=O)C1CCC(CN)O1)C(=O)O. The Balaban J connectivity index is 2.20. The van der Waals surface area contributed by atoms with E-state index < -0.39 is 18.0 Å². The number of hydrogen-bond donors (Lipinski definition) is 3. The van der Waals surface area contributed by atoms with Crippen LogP contribution in [0.5, 0.6) is 0 Å². The van der Waals surface area contributed by atoms with E-state index in [4.69, 9.17) is 15.6 Å². The molecule has 6 nitrogen and oxygen atoms in total. The maximum absolute atomic E-state index is 11.6. The summed E-state index contributed by atoms with van der Waals surface area (Å²) in [7, 11) is 0. The van der Waals surface area contributed by atoms with Crippen LogP contribution < -0.4 is 11.1 Å². The van der Waals surface area contributed by atoms with Crippen LogP contribution in [0.4, 0.5) is 0 Å². The van der Waals surface area contributed by atoms with E-state index in [9.17, 15) is 9.59 Å². The summed E-state index contributed by atoms with van der Waals surface area (Å²) in [6, 6.07) is 0. The smallest absolute Gasteiger partial charge is 0.306 e. The maximum atomic E-state index is 11.6. The second kappa shape index (κ2) is 6.56. The molecule has 0 spiro atoms. The van der Waals surface area contributed by atoms with E-state index in [0.29, 0.717) is 25.9 Å². The van der Waals surface area contributed by atoms with Crippen molar-refractivity contribution in [3.8, 4) is 0 Å². The minimum Gasteiger partial charge on any atom is -0.481 e. The number of carbonyl (C=O) groups excluding carboxylic acids is 1. The summed E-state index contributed by atoms with van der Waals surface area (Å²) in [6.07, 6.45) is 1.46. The Morgan fingerprint density at radius 3 is 2.76 bits per heavy atom. The largest absolute Gasteiger partial charge is 0.481 e. The molecule has 1 aliphatic rings. The molecule has 1 fully saturated rings. The molecule has 1 saturated heterocycles. The van der Waals surface area contributed by atoms with E-state index in [-0.39, 0.29) is 12.0 Å². The number of carboxylic acid groups (broad SMARTS) is 1. The summed E-state index contributed by atoms with van der Waals surface area (Å²) in [6.45, 7) is 2.41. The van der Waals surface area contributed by atoms with Crippen molar-refractivity contribution in [1.29, 1.82) is 0 Å². The van der Waals surface area contributed by atoms with Gasteiger partial charge in [-0.2, -0.15) is 0 Å². The molecular formula is C11H20N2O4. The van der Waals surface area contributed by atoms with Crippen LogP contribution in [0.15, 0.2) is 0 Å². The second-order valence-electron chi connectivity index (χ2n) is 4.38. The van der Waals surface area contributed by atoms with Crippen molar-refractivity contribution in [3.05, 3.63) is 0 Å². The molecule has 0 aliphatic carbocycles. The van der Waals surface area contributed by atoms with Gasteiger partial charge in [0, 0.05) is 13.1 Å². The van der Waals surface area contributed by atoms with Crippen molar-refractivity contribution in [2.75, 3.05) is 13.1 Å². The van der Waals surface area contributed by atoms with E-state index in [2.05, 4.69) is 5.32 Å². The molecule has 3 atom stereocenters. The van der Waals surface area contributed by atoms with Gasteiger partial charge in [0.05, 0.1) is 12.0 Å². The lowest BCUT2D eigenvalue weighted by molar-refractivity contribution is -0.141. The van der Waals surface area contributed by atoms with Crippen LogP contribution in [0.25, 0.3) is 0 Å². The summed E-state index contributed by atoms with van der Waals surface area (Å²) in [5.74, 6) is -1.46. The lowest BCUT2D eigenvalue weighted by Gasteiger charge is -2.13. The van der Waals surface area contributed by atoms with Crippen molar-refractivity contribution in [2.24, 2.45) is 11.7 Å². The van der Waals surface area contributed by atoms with Gasteiger partial charge in [-0.1, -0.05) is 6.92 Å². The lowest BCUT2D eigenvalue weighted by Crippen LogP contribution is -2.36. The number of carbonyl (C=O) groups is 2.